The van der Waals surface area contributed by atoms with Crippen molar-refractivity contribution in [3.63, 3.8) is 0 Å². The fourth-order valence-electron chi connectivity index (χ4n) is 4.08. The molecule has 0 unspecified atom stereocenters. The predicted octanol–water partition coefficient (Wildman–Crippen LogP) is 6.81. The third-order valence-electron chi connectivity index (χ3n) is 6.16. The molecule has 1 N–H and O–H groups in total. The summed E-state index contributed by atoms with van der Waals surface area (Å²) in [5, 5.41) is 7.80. The lowest BCUT2D eigenvalue weighted by Crippen LogP contribution is -2.21. The van der Waals surface area contributed by atoms with Gasteiger partial charge in [0.1, 0.15) is 0 Å². The highest BCUT2D eigenvalue weighted by molar-refractivity contribution is 9.13. The molecule has 0 aliphatic carbocycles. The van der Waals surface area contributed by atoms with E-state index in [-0.39, 0.29) is 18.1 Å². The number of rotatable bonds is 8. The zero-order chi connectivity index (χ0) is 28.9. The minimum atomic E-state index is -0.318. The van der Waals surface area contributed by atoms with Gasteiger partial charge in [0.25, 0.3) is 11.5 Å². The Morgan fingerprint density at radius 2 is 1.71 bits per heavy atom. The van der Waals surface area contributed by atoms with E-state index in [9.17, 15) is 9.59 Å². The van der Waals surface area contributed by atoms with Crippen molar-refractivity contribution in [1.29, 1.82) is 0 Å². The number of anilines is 1. The zero-order valence-electron chi connectivity index (χ0n) is 22.1. The van der Waals surface area contributed by atoms with Crippen molar-refractivity contribution >= 4 is 60.6 Å². The van der Waals surface area contributed by atoms with E-state index in [1.54, 1.807) is 24.3 Å². The van der Waals surface area contributed by atoms with E-state index in [1.807, 2.05) is 67.6 Å². The molecule has 0 spiro atoms. The predicted molar refractivity (Wildman–Crippen MR) is 168 cm³/mol. The molecule has 0 aliphatic heterocycles. The fourth-order valence-corrected chi connectivity index (χ4v) is 5.02. The maximum absolute atomic E-state index is 13.5. The lowest BCUT2D eigenvalue weighted by Gasteiger charge is -2.15. The number of hydrogen-bond donors (Lipinski definition) is 1. The molecule has 1 amide bonds. The summed E-state index contributed by atoms with van der Waals surface area (Å²) in [5.41, 5.74) is 3.41. The number of hydrogen-bond acceptors (Lipinski definition) is 6. The van der Waals surface area contributed by atoms with Crippen molar-refractivity contribution in [2.75, 3.05) is 19.0 Å². The molecular weight excluding hydrogens is 652 g/mol. The molecule has 8 nitrogen and oxygen atoms in total. The number of amides is 1. The van der Waals surface area contributed by atoms with Gasteiger partial charge >= 0.3 is 0 Å². The van der Waals surface area contributed by atoms with Crippen molar-refractivity contribution < 1.29 is 14.3 Å². The van der Waals surface area contributed by atoms with E-state index >= 15 is 0 Å². The van der Waals surface area contributed by atoms with Crippen molar-refractivity contribution in [2.45, 2.75) is 6.92 Å². The van der Waals surface area contributed by atoms with Crippen molar-refractivity contribution in [3.8, 4) is 22.9 Å². The molecule has 5 rings (SSSR count). The van der Waals surface area contributed by atoms with Crippen LogP contribution >= 0.6 is 31.9 Å². The number of carbonyl (C=O) groups is 1. The molecule has 0 saturated heterocycles. The quantitative estimate of drug-likeness (QED) is 0.183. The molecular formula is C31H24Br2N4O4. The summed E-state index contributed by atoms with van der Waals surface area (Å²) in [6.07, 6.45) is 1.54. The normalized spacial score (nSPS) is 11.1. The molecule has 0 bridgehead atoms. The lowest BCUT2D eigenvalue weighted by atomic mass is 10.2. The summed E-state index contributed by atoms with van der Waals surface area (Å²) in [4.78, 5) is 30.7. The van der Waals surface area contributed by atoms with Gasteiger partial charge in [0.15, 0.2) is 23.9 Å². The Labute approximate surface area is 252 Å². The smallest absolute Gasteiger partial charge is 0.282 e. The topological polar surface area (TPSA) is 94.8 Å². The molecule has 206 valence electrons. The molecule has 0 aliphatic rings. The highest BCUT2D eigenvalue weighted by atomic mass is 79.9. The second kappa shape index (κ2) is 12.5. The number of fused-ring (bicyclic) bond motifs is 1. The molecule has 0 saturated carbocycles. The number of aryl methyl sites for hydroxylation is 1. The minimum Gasteiger partial charge on any atom is -0.493 e. The van der Waals surface area contributed by atoms with Gasteiger partial charge in [-0.15, -0.1) is 0 Å². The van der Waals surface area contributed by atoms with E-state index in [0.29, 0.717) is 48.4 Å². The molecule has 10 heteroatoms. The van der Waals surface area contributed by atoms with E-state index in [2.05, 4.69) is 42.3 Å². The Morgan fingerprint density at radius 3 is 2.44 bits per heavy atom. The monoisotopic (exact) mass is 674 g/mol. The maximum atomic E-state index is 13.5. The van der Waals surface area contributed by atoms with Crippen LogP contribution in [0.3, 0.4) is 0 Å². The van der Waals surface area contributed by atoms with Crippen LogP contribution in [0.1, 0.15) is 11.1 Å². The second-order valence-corrected chi connectivity index (χ2v) is 10.6. The Kier molecular flexibility index (Phi) is 8.61. The molecule has 1 heterocycles. The number of aromatic nitrogens is 2. The van der Waals surface area contributed by atoms with Gasteiger partial charge < -0.3 is 14.8 Å². The first kappa shape index (κ1) is 28.3. The summed E-state index contributed by atoms with van der Waals surface area (Å²) in [5.74, 6) is 0.801. The van der Waals surface area contributed by atoms with Crippen LogP contribution in [-0.2, 0) is 4.79 Å². The van der Waals surface area contributed by atoms with E-state index in [1.165, 1.54) is 18.0 Å². The first-order valence-electron chi connectivity index (χ1n) is 12.5. The molecule has 41 heavy (non-hydrogen) atoms. The van der Waals surface area contributed by atoms with E-state index in [4.69, 9.17) is 14.5 Å². The summed E-state index contributed by atoms with van der Waals surface area (Å²) < 4.78 is 13.8. The largest absolute Gasteiger partial charge is 0.493 e. The molecule has 5 aromatic rings. The molecule has 0 radical (unpaired) electrons. The van der Waals surface area contributed by atoms with Crippen molar-refractivity contribution in [3.05, 3.63) is 115 Å². The van der Waals surface area contributed by atoms with Gasteiger partial charge in [-0.3, -0.25) is 9.59 Å². The van der Waals surface area contributed by atoms with Crippen molar-refractivity contribution in [1.82, 2.24) is 9.66 Å². The van der Waals surface area contributed by atoms with Gasteiger partial charge in [0.2, 0.25) is 0 Å². The average molecular weight is 676 g/mol. The van der Waals surface area contributed by atoms with Crippen LogP contribution in [-0.4, -0.2) is 35.5 Å². The first-order chi connectivity index (χ1) is 19.9. The van der Waals surface area contributed by atoms with E-state index in [0.717, 1.165) is 11.1 Å². The number of ether oxygens (including phenoxy) is 2. The highest BCUT2D eigenvalue weighted by Gasteiger charge is 2.19. The van der Waals surface area contributed by atoms with Gasteiger partial charge in [-0.2, -0.15) is 9.78 Å². The summed E-state index contributed by atoms with van der Waals surface area (Å²) in [6.45, 7) is 1.74. The number of nitrogens with zero attached hydrogens (tertiary/aromatic N) is 3. The second-order valence-electron chi connectivity index (χ2n) is 9.01. The minimum absolute atomic E-state index is 0.235. The van der Waals surface area contributed by atoms with Crippen LogP contribution in [0.2, 0.25) is 0 Å². The fraction of sp³-hybridized carbons (Fsp3) is 0.0968. The molecule has 4 aromatic carbocycles. The van der Waals surface area contributed by atoms with Crippen LogP contribution < -0.4 is 20.3 Å². The first-order valence-corrected chi connectivity index (χ1v) is 14.1. The Hall–Kier alpha value is -4.28. The summed E-state index contributed by atoms with van der Waals surface area (Å²) in [7, 11) is 1.50. The summed E-state index contributed by atoms with van der Waals surface area (Å²) in [6, 6.07) is 25.7. The zero-order valence-corrected chi connectivity index (χ0v) is 25.3. The number of carbonyl (C=O) groups excluding carboxylic acids is 1. The summed E-state index contributed by atoms with van der Waals surface area (Å²) >= 11 is 7.13. The number of nitrogens with one attached hydrogen (secondary N) is 1. The number of para-hydroxylation sites is 1. The third kappa shape index (κ3) is 6.23. The Morgan fingerprint density at radius 1 is 1.00 bits per heavy atom. The number of benzene rings is 4. The van der Waals surface area contributed by atoms with Gasteiger partial charge in [-0.1, -0.05) is 60.2 Å². The van der Waals surface area contributed by atoms with E-state index < -0.39 is 0 Å². The Balaban J connectivity index is 1.46. The Bertz CT molecular complexity index is 1820. The number of halogens is 2. The standard InChI is InChI=1S/C31H24Br2N4O4/c1-19-12-14-22(15-13-19)35-26(38)18-41-29-25(40-2)16-21(27(32)28(29)33)17-34-37-30(20-8-4-3-5-9-20)36-24-11-7-6-10-23(24)31(37)39/h3-17H,18H2,1-2H3,(H,35,38). The van der Waals surface area contributed by atoms with Crippen LogP contribution in [0.4, 0.5) is 5.69 Å². The average Bonchev–Trinajstić information content (AvgIpc) is 2.99. The molecule has 0 atom stereocenters. The van der Waals surface area contributed by atoms with Crippen LogP contribution in [0.15, 0.2) is 104 Å². The number of methoxy groups -OCH3 is 1. The van der Waals surface area contributed by atoms with Gasteiger partial charge in [0, 0.05) is 21.3 Å². The van der Waals surface area contributed by atoms with Crippen LogP contribution in [0.25, 0.3) is 22.3 Å². The molecule has 1 aromatic heterocycles. The van der Waals surface area contributed by atoms with Crippen molar-refractivity contribution in [2.24, 2.45) is 5.10 Å². The highest BCUT2D eigenvalue weighted by Crippen LogP contribution is 2.42. The van der Waals surface area contributed by atoms with Gasteiger partial charge in [0.05, 0.1) is 28.7 Å². The van der Waals surface area contributed by atoms with Gasteiger partial charge in [-0.25, -0.2) is 4.98 Å². The van der Waals surface area contributed by atoms with Gasteiger partial charge in [-0.05, 0) is 69.1 Å². The third-order valence-corrected chi connectivity index (χ3v) is 8.30. The maximum Gasteiger partial charge on any atom is 0.282 e. The SMILES string of the molecule is COc1cc(C=Nn2c(-c3ccccc3)nc3ccccc3c2=O)c(Br)c(Br)c1OCC(=O)Nc1ccc(C)cc1. The molecule has 0 fully saturated rings. The lowest BCUT2D eigenvalue weighted by molar-refractivity contribution is -0.118. The van der Waals surface area contributed by atoms with Crippen LogP contribution in [0, 0.1) is 6.92 Å². The van der Waals surface area contributed by atoms with Crippen LogP contribution in [0.5, 0.6) is 11.5 Å².